The van der Waals surface area contributed by atoms with Crippen LogP contribution >= 0.6 is 0 Å². The van der Waals surface area contributed by atoms with Crippen LogP contribution in [0.3, 0.4) is 0 Å². The van der Waals surface area contributed by atoms with E-state index in [1.807, 2.05) is 31.6 Å². The highest BCUT2D eigenvalue weighted by molar-refractivity contribution is 5.74. The average molecular weight is 486 g/mol. The number of nitrogens with one attached hydrogen (secondary N) is 1. The lowest BCUT2D eigenvalue weighted by Gasteiger charge is -2.30. The molecule has 0 aliphatic carbocycles. The quantitative estimate of drug-likeness (QED) is 0.380. The van der Waals surface area contributed by atoms with E-state index in [4.69, 9.17) is 9.51 Å². The maximum Gasteiger partial charge on any atom is 0.324 e. The van der Waals surface area contributed by atoms with Gasteiger partial charge < -0.3 is 14.7 Å². The minimum atomic E-state index is 0.250. The van der Waals surface area contributed by atoms with Crippen molar-refractivity contribution >= 4 is 23.0 Å². The number of aromatic nitrogens is 9. The van der Waals surface area contributed by atoms with Gasteiger partial charge in [0, 0.05) is 36.8 Å². The Balaban J connectivity index is 1.19. The van der Waals surface area contributed by atoms with E-state index in [-0.39, 0.29) is 5.92 Å². The van der Waals surface area contributed by atoms with Crippen LogP contribution in [0.4, 0.5) is 17.4 Å². The van der Waals surface area contributed by atoms with Crippen LogP contribution in [-0.2, 0) is 0 Å². The molecule has 1 aliphatic rings. The van der Waals surface area contributed by atoms with Gasteiger partial charge in [0.2, 0.25) is 0 Å². The van der Waals surface area contributed by atoms with Gasteiger partial charge in [-0.2, -0.15) is 10.1 Å². The highest BCUT2D eigenvalue weighted by atomic mass is 16.5. The van der Waals surface area contributed by atoms with Gasteiger partial charge in [-0.1, -0.05) is 19.0 Å². The van der Waals surface area contributed by atoms with Crippen molar-refractivity contribution in [1.29, 1.82) is 0 Å². The first-order valence-electron chi connectivity index (χ1n) is 12.1. The van der Waals surface area contributed by atoms with Gasteiger partial charge in [-0.05, 0) is 31.9 Å². The molecule has 0 unspecified atom stereocenters. The molecule has 1 aliphatic heterocycles. The Hall–Kier alpha value is -4.35. The lowest BCUT2D eigenvalue weighted by molar-refractivity contribution is 0.386. The largest absolute Gasteiger partial charge is 0.350 e. The molecule has 6 heterocycles. The summed E-state index contributed by atoms with van der Waals surface area (Å²) in [5.74, 6) is 2.08. The van der Waals surface area contributed by atoms with Crippen LogP contribution in [0.2, 0.25) is 0 Å². The molecular formula is C24H27N11O. The Morgan fingerprint density at radius 2 is 1.89 bits per heavy atom. The molecule has 5 aromatic heterocycles. The number of pyridine rings is 1. The number of fused-ring (bicyclic) bond motifs is 1. The molecule has 6 rings (SSSR count). The van der Waals surface area contributed by atoms with E-state index in [1.54, 1.807) is 17.2 Å². The fourth-order valence-corrected chi connectivity index (χ4v) is 4.55. The number of anilines is 3. The summed E-state index contributed by atoms with van der Waals surface area (Å²) in [6.07, 6.45) is 10.6. The summed E-state index contributed by atoms with van der Waals surface area (Å²) in [6.45, 7) is 7.79. The van der Waals surface area contributed by atoms with Gasteiger partial charge in [-0.25, -0.2) is 24.6 Å². The van der Waals surface area contributed by atoms with Gasteiger partial charge in [0.15, 0.2) is 17.3 Å². The third kappa shape index (κ3) is 4.04. The zero-order valence-corrected chi connectivity index (χ0v) is 20.4. The Morgan fingerprint density at radius 3 is 2.61 bits per heavy atom. The van der Waals surface area contributed by atoms with Gasteiger partial charge in [0.05, 0.1) is 17.6 Å². The lowest BCUT2D eigenvalue weighted by atomic mass is 9.94. The molecule has 5 aromatic rings. The molecule has 1 N–H and O–H groups in total. The number of hydrogen-bond donors (Lipinski definition) is 1. The molecule has 0 saturated carbocycles. The van der Waals surface area contributed by atoms with Crippen LogP contribution in [-0.4, -0.2) is 57.3 Å². The molecule has 36 heavy (non-hydrogen) atoms. The van der Waals surface area contributed by atoms with Crippen molar-refractivity contribution in [2.24, 2.45) is 0 Å². The third-order valence-electron chi connectivity index (χ3n) is 6.58. The van der Waals surface area contributed by atoms with E-state index >= 15 is 0 Å². The van der Waals surface area contributed by atoms with Gasteiger partial charge in [-0.3, -0.25) is 4.40 Å². The summed E-state index contributed by atoms with van der Waals surface area (Å²) >= 11 is 0. The van der Waals surface area contributed by atoms with Crippen LogP contribution in [0, 0.1) is 6.92 Å². The summed E-state index contributed by atoms with van der Waals surface area (Å²) in [5, 5.41) is 11.7. The molecule has 184 valence electrons. The number of nitrogens with zero attached hydrogens (tertiary/aromatic N) is 10. The zero-order chi connectivity index (χ0) is 24.6. The van der Waals surface area contributed by atoms with Crippen LogP contribution in [0.15, 0.2) is 48.0 Å². The normalized spacial score (nSPS) is 14.7. The van der Waals surface area contributed by atoms with Gasteiger partial charge >= 0.3 is 6.01 Å². The molecular weight excluding hydrogens is 458 g/mol. The van der Waals surface area contributed by atoms with Crippen LogP contribution in [0.25, 0.3) is 11.5 Å². The molecule has 0 atom stereocenters. The van der Waals surface area contributed by atoms with Crippen LogP contribution < -0.4 is 10.2 Å². The van der Waals surface area contributed by atoms with E-state index in [0.29, 0.717) is 17.8 Å². The second kappa shape index (κ2) is 9.02. The van der Waals surface area contributed by atoms with Crippen molar-refractivity contribution in [3.63, 3.8) is 0 Å². The van der Waals surface area contributed by atoms with E-state index in [2.05, 4.69) is 58.7 Å². The molecule has 12 nitrogen and oxygen atoms in total. The second-order valence-corrected chi connectivity index (χ2v) is 9.30. The Labute approximate surface area is 207 Å². The Morgan fingerprint density at radius 1 is 1.03 bits per heavy atom. The fraction of sp³-hybridized carbons (Fsp3) is 0.375. The molecule has 0 spiro atoms. The van der Waals surface area contributed by atoms with Crippen molar-refractivity contribution in [2.75, 3.05) is 23.3 Å². The highest BCUT2D eigenvalue weighted by Crippen LogP contribution is 2.32. The maximum absolute atomic E-state index is 5.49. The summed E-state index contributed by atoms with van der Waals surface area (Å²) in [6, 6.07) is 4.49. The smallest absolute Gasteiger partial charge is 0.324 e. The van der Waals surface area contributed by atoms with E-state index in [1.165, 1.54) is 6.33 Å². The molecule has 0 amide bonds. The number of rotatable bonds is 6. The van der Waals surface area contributed by atoms with Crippen LogP contribution in [0.5, 0.6) is 0 Å². The second-order valence-electron chi connectivity index (χ2n) is 9.30. The predicted octanol–water partition coefficient (Wildman–Crippen LogP) is 3.65. The SMILES string of the molecule is Cc1nc(-n2cncn2)ccc1Nc1cncn2c(C3CCN(c4nc(C(C)C)no4)CC3)cnc12. The minimum Gasteiger partial charge on any atom is -0.350 e. The van der Waals surface area contributed by atoms with Gasteiger partial charge in [0.1, 0.15) is 24.7 Å². The zero-order valence-electron chi connectivity index (χ0n) is 20.4. The lowest BCUT2D eigenvalue weighted by Crippen LogP contribution is -2.33. The minimum absolute atomic E-state index is 0.250. The molecule has 0 aromatic carbocycles. The molecule has 12 heteroatoms. The Kier molecular flexibility index (Phi) is 5.55. The topological polar surface area (TPSA) is 128 Å². The Bertz CT molecular complexity index is 1480. The standard InChI is InChI=1S/C24H27N11O/c1-15(2)22-31-24(36-32-22)33-8-6-17(7-9-33)20-11-27-23-19(10-25-13-34(20)23)30-18-4-5-21(29-16(18)3)35-14-26-12-28-35/h4-5,10-15,17,30H,6-9H2,1-3H3. The molecule has 1 saturated heterocycles. The van der Waals surface area contributed by atoms with Crippen LogP contribution in [0.1, 0.15) is 55.7 Å². The number of hydrogen-bond acceptors (Lipinski definition) is 10. The third-order valence-corrected chi connectivity index (χ3v) is 6.58. The number of imidazole rings is 1. The monoisotopic (exact) mass is 485 g/mol. The number of piperidine rings is 1. The van der Waals surface area contributed by atoms with Crippen molar-refractivity contribution in [1.82, 2.24) is 44.3 Å². The highest BCUT2D eigenvalue weighted by Gasteiger charge is 2.27. The van der Waals surface area contributed by atoms with E-state index in [9.17, 15) is 0 Å². The van der Waals surface area contributed by atoms with Gasteiger partial charge in [0.25, 0.3) is 0 Å². The maximum atomic E-state index is 5.49. The van der Waals surface area contributed by atoms with Crippen molar-refractivity contribution in [3.8, 4) is 5.82 Å². The fourth-order valence-electron chi connectivity index (χ4n) is 4.55. The first-order valence-corrected chi connectivity index (χ1v) is 12.1. The molecule has 1 fully saturated rings. The van der Waals surface area contributed by atoms with E-state index in [0.717, 1.165) is 60.2 Å². The first kappa shape index (κ1) is 22.1. The van der Waals surface area contributed by atoms with Crippen molar-refractivity contribution < 1.29 is 4.52 Å². The van der Waals surface area contributed by atoms with Gasteiger partial charge in [-0.15, -0.1) is 0 Å². The van der Waals surface area contributed by atoms with Crippen molar-refractivity contribution in [3.05, 3.63) is 60.7 Å². The average Bonchev–Trinajstić information content (AvgIpc) is 3.66. The van der Waals surface area contributed by atoms with E-state index < -0.39 is 0 Å². The predicted molar refractivity (Wildman–Crippen MR) is 133 cm³/mol. The first-order chi connectivity index (χ1) is 17.6. The van der Waals surface area contributed by atoms with Crippen molar-refractivity contribution in [2.45, 2.75) is 45.4 Å². The molecule has 0 radical (unpaired) electrons. The number of aryl methyl sites for hydroxylation is 1. The summed E-state index contributed by atoms with van der Waals surface area (Å²) < 4.78 is 9.20. The summed E-state index contributed by atoms with van der Waals surface area (Å²) in [5.41, 5.74) is 4.54. The summed E-state index contributed by atoms with van der Waals surface area (Å²) in [4.78, 5) is 24.6. The molecule has 0 bridgehead atoms. The summed E-state index contributed by atoms with van der Waals surface area (Å²) in [7, 11) is 0.